The highest BCUT2D eigenvalue weighted by atomic mass is 79.9. The first-order valence-electron chi connectivity index (χ1n) is 11.4. The van der Waals surface area contributed by atoms with Gasteiger partial charge in [-0.25, -0.2) is 0 Å². The van der Waals surface area contributed by atoms with Crippen molar-refractivity contribution in [2.45, 2.75) is 123 Å². The molecule has 0 atom stereocenters. The summed E-state index contributed by atoms with van der Waals surface area (Å²) in [4.78, 5) is 0. The van der Waals surface area contributed by atoms with Gasteiger partial charge in [0, 0.05) is 0 Å². The molecule has 0 aliphatic carbocycles. The summed E-state index contributed by atoms with van der Waals surface area (Å²) in [6.45, 7) is 7.36. The number of hydrogen-bond acceptors (Lipinski definition) is 0. The molecule has 25 heavy (non-hydrogen) atoms. The van der Waals surface area contributed by atoms with Crippen molar-refractivity contribution in [1.29, 1.82) is 0 Å². The molecule has 0 aliphatic heterocycles. The standard InChI is InChI=1S/C23H50N.BrH/c1-5-7-9-11-13-15-17-19-21-23-24(3,4)22-20-18-16-14-12-10-8-6-2;/h5-23H2,1-4H3;1H/q+1;/p-1. The molecule has 0 unspecified atom stereocenters. The molecule has 0 spiro atoms. The lowest BCUT2D eigenvalue weighted by Crippen LogP contribution is -3.00. The first-order valence-corrected chi connectivity index (χ1v) is 11.4. The molecule has 154 valence electrons. The summed E-state index contributed by atoms with van der Waals surface area (Å²) in [6.07, 6.45) is 24.5. The average molecular weight is 421 g/mol. The third-order valence-electron chi connectivity index (χ3n) is 5.48. The SMILES string of the molecule is CCCCCCCCCCC[N+](C)(C)CCCCCCCCCC.[Br-]. The summed E-state index contributed by atoms with van der Waals surface area (Å²) in [7, 11) is 4.87. The predicted molar refractivity (Wildman–Crippen MR) is 112 cm³/mol. The summed E-state index contributed by atoms with van der Waals surface area (Å²) in [6, 6.07) is 0. The summed E-state index contributed by atoms with van der Waals surface area (Å²) in [5.74, 6) is 0. The number of rotatable bonds is 19. The number of halogens is 1. The first-order chi connectivity index (χ1) is 11.6. The van der Waals surface area contributed by atoms with Crippen molar-refractivity contribution in [1.82, 2.24) is 0 Å². The second kappa shape index (κ2) is 20.7. The number of unbranched alkanes of at least 4 members (excludes halogenated alkanes) is 15. The maximum Gasteiger partial charge on any atom is 0.0782 e. The molecule has 0 aromatic rings. The lowest BCUT2D eigenvalue weighted by Gasteiger charge is -2.30. The van der Waals surface area contributed by atoms with E-state index in [1.807, 2.05) is 0 Å². The fourth-order valence-electron chi connectivity index (χ4n) is 3.64. The predicted octanol–water partition coefficient (Wildman–Crippen LogP) is 4.74. The highest BCUT2D eigenvalue weighted by Crippen LogP contribution is 2.13. The Hall–Kier alpha value is 0.440. The Labute approximate surface area is 171 Å². The zero-order chi connectivity index (χ0) is 17.9. The fourth-order valence-corrected chi connectivity index (χ4v) is 3.64. The van der Waals surface area contributed by atoms with E-state index in [0.29, 0.717) is 0 Å². The van der Waals surface area contributed by atoms with E-state index in [-0.39, 0.29) is 17.0 Å². The molecule has 0 radical (unpaired) electrons. The van der Waals surface area contributed by atoms with E-state index in [0.717, 1.165) is 0 Å². The molecule has 2 heteroatoms. The molecule has 0 bridgehead atoms. The Kier molecular flexibility index (Phi) is 23.0. The minimum Gasteiger partial charge on any atom is -1.00 e. The Balaban J connectivity index is 0. The number of hydrogen-bond donors (Lipinski definition) is 0. The van der Waals surface area contributed by atoms with Crippen LogP contribution >= 0.6 is 0 Å². The van der Waals surface area contributed by atoms with E-state index < -0.39 is 0 Å². The van der Waals surface area contributed by atoms with Gasteiger partial charge in [-0.2, -0.15) is 0 Å². The second-order valence-electron chi connectivity index (χ2n) is 8.69. The van der Waals surface area contributed by atoms with E-state index in [2.05, 4.69) is 27.9 Å². The highest BCUT2D eigenvalue weighted by Gasteiger charge is 2.13. The molecule has 0 aromatic carbocycles. The van der Waals surface area contributed by atoms with Gasteiger partial charge in [0.15, 0.2) is 0 Å². The normalized spacial score (nSPS) is 11.5. The van der Waals surface area contributed by atoms with Crippen molar-refractivity contribution in [3.05, 3.63) is 0 Å². The topological polar surface area (TPSA) is 0 Å². The molecule has 0 saturated heterocycles. The van der Waals surface area contributed by atoms with Crippen LogP contribution in [-0.2, 0) is 0 Å². The van der Waals surface area contributed by atoms with E-state index in [4.69, 9.17) is 0 Å². The highest BCUT2D eigenvalue weighted by molar-refractivity contribution is 4.49. The molecule has 0 fully saturated rings. The molecule has 0 saturated carbocycles. The summed E-state index contributed by atoms with van der Waals surface area (Å²) in [5, 5.41) is 0. The van der Waals surface area contributed by atoms with Crippen molar-refractivity contribution in [2.24, 2.45) is 0 Å². The smallest absolute Gasteiger partial charge is 0.0782 e. The van der Waals surface area contributed by atoms with Gasteiger partial charge in [-0.15, -0.1) is 0 Å². The Morgan fingerprint density at radius 1 is 0.400 bits per heavy atom. The van der Waals surface area contributed by atoms with Gasteiger partial charge in [0.05, 0.1) is 27.2 Å². The first kappa shape index (κ1) is 27.7. The van der Waals surface area contributed by atoms with Crippen LogP contribution < -0.4 is 17.0 Å². The lowest BCUT2D eigenvalue weighted by molar-refractivity contribution is -0.890. The van der Waals surface area contributed by atoms with Gasteiger partial charge in [-0.05, 0) is 25.7 Å². The van der Waals surface area contributed by atoms with Crippen LogP contribution in [0.25, 0.3) is 0 Å². The second-order valence-corrected chi connectivity index (χ2v) is 8.69. The van der Waals surface area contributed by atoms with Crippen LogP contribution in [-0.4, -0.2) is 31.7 Å². The quantitative estimate of drug-likeness (QED) is 0.209. The van der Waals surface area contributed by atoms with Crippen molar-refractivity contribution in [3.63, 3.8) is 0 Å². The Bertz CT molecular complexity index is 240. The molecule has 0 heterocycles. The van der Waals surface area contributed by atoms with Gasteiger partial charge in [0.2, 0.25) is 0 Å². The minimum atomic E-state index is 0. The van der Waals surface area contributed by atoms with Crippen molar-refractivity contribution >= 4 is 0 Å². The van der Waals surface area contributed by atoms with Gasteiger partial charge < -0.3 is 21.5 Å². The maximum absolute atomic E-state index is 2.44. The fraction of sp³-hybridized carbons (Fsp3) is 1.00. The number of quaternary nitrogens is 1. The monoisotopic (exact) mass is 419 g/mol. The molecule has 0 N–H and O–H groups in total. The van der Waals surface area contributed by atoms with E-state index >= 15 is 0 Å². The summed E-state index contributed by atoms with van der Waals surface area (Å²) < 4.78 is 1.24. The van der Waals surface area contributed by atoms with Crippen LogP contribution in [0.2, 0.25) is 0 Å². The van der Waals surface area contributed by atoms with Gasteiger partial charge >= 0.3 is 0 Å². The van der Waals surface area contributed by atoms with Crippen LogP contribution in [0.4, 0.5) is 0 Å². The molecular weight excluding hydrogens is 370 g/mol. The van der Waals surface area contributed by atoms with Crippen LogP contribution in [0.1, 0.15) is 123 Å². The van der Waals surface area contributed by atoms with Crippen molar-refractivity contribution < 1.29 is 21.5 Å². The average Bonchev–Trinajstić information content (AvgIpc) is 2.55. The summed E-state index contributed by atoms with van der Waals surface area (Å²) >= 11 is 0. The summed E-state index contributed by atoms with van der Waals surface area (Å²) in [5.41, 5.74) is 0. The van der Waals surface area contributed by atoms with Crippen LogP contribution in [0.3, 0.4) is 0 Å². The third-order valence-corrected chi connectivity index (χ3v) is 5.48. The molecule has 1 nitrogen and oxygen atoms in total. The van der Waals surface area contributed by atoms with Crippen LogP contribution in [0.15, 0.2) is 0 Å². The van der Waals surface area contributed by atoms with E-state index in [1.54, 1.807) is 0 Å². The molecule has 0 aromatic heterocycles. The Morgan fingerprint density at radius 3 is 0.920 bits per heavy atom. The van der Waals surface area contributed by atoms with E-state index in [1.165, 1.54) is 127 Å². The maximum atomic E-state index is 2.44. The molecule has 0 amide bonds. The van der Waals surface area contributed by atoms with Gasteiger partial charge in [0.1, 0.15) is 0 Å². The molecule has 0 rings (SSSR count). The number of nitrogens with zero attached hydrogens (tertiary/aromatic N) is 1. The van der Waals surface area contributed by atoms with Gasteiger partial charge in [-0.3, -0.25) is 0 Å². The largest absolute Gasteiger partial charge is 1.00 e. The molecule has 0 aliphatic rings. The van der Waals surface area contributed by atoms with Gasteiger partial charge in [0.25, 0.3) is 0 Å². The Morgan fingerprint density at radius 2 is 0.640 bits per heavy atom. The zero-order valence-electron chi connectivity index (χ0n) is 18.3. The lowest BCUT2D eigenvalue weighted by atomic mass is 10.1. The van der Waals surface area contributed by atoms with Crippen LogP contribution in [0, 0.1) is 0 Å². The third kappa shape index (κ3) is 22.4. The molecular formula is C23H50BrN. The minimum absolute atomic E-state index is 0. The van der Waals surface area contributed by atoms with E-state index in [9.17, 15) is 0 Å². The van der Waals surface area contributed by atoms with Crippen LogP contribution in [0.5, 0.6) is 0 Å². The van der Waals surface area contributed by atoms with Crippen molar-refractivity contribution in [2.75, 3.05) is 27.2 Å². The van der Waals surface area contributed by atoms with Crippen molar-refractivity contribution in [3.8, 4) is 0 Å². The zero-order valence-corrected chi connectivity index (χ0v) is 19.8. The van der Waals surface area contributed by atoms with Gasteiger partial charge in [-0.1, -0.05) is 97.3 Å².